The first-order valence-electron chi connectivity index (χ1n) is 4.77. The van der Waals surface area contributed by atoms with Crippen LogP contribution in [-0.2, 0) is 6.54 Å². The number of hydrogen-bond donors (Lipinski definition) is 1. The molecule has 0 aromatic heterocycles. The van der Waals surface area contributed by atoms with E-state index >= 15 is 0 Å². The Balaban J connectivity index is 2.68. The average molecular weight is 258 g/mol. The van der Waals surface area contributed by atoms with Crippen molar-refractivity contribution in [3.05, 3.63) is 29.3 Å². The number of hydrogen-bond acceptors (Lipinski definition) is 2. The molecule has 0 saturated carbocycles. The summed E-state index contributed by atoms with van der Waals surface area (Å²) in [4.78, 5) is 0. The van der Waals surface area contributed by atoms with Gasteiger partial charge in [0.2, 0.25) is 0 Å². The standard InChI is InChI=1S/C11H16BrNO/c1-3-14-11-5-4-10(6-9(11)2)7-13-8-12/h4-6,13H,3,7-8H2,1-2H3. The first-order valence-corrected chi connectivity index (χ1v) is 5.89. The van der Waals surface area contributed by atoms with Gasteiger partial charge in [0.25, 0.3) is 0 Å². The van der Waals surface area contributed by atoms with Crippen molar-refractivity contribution in [1.29, 1.82) is 0 Å². The summed E-state index contributed by atoms with van der Waals surface area (Å²) in [6, 6.07) is 6.28. The van der Waals surface area contributed by atoms with Gasteiger partial charge < -0.3 is 10.1 Å². The van der Waals surface area contributed by atoms with Crippen molar-refractivity contribution in [2.24, 2.45) is 0 Å². The molecule has 0 saturated heterocycles. The number of rotatable bonds is 5. The Morgan fingerprint density at radius 1 is 1.43 bits per heavy atom. The zero-order valence-electron chi connectivity index (χ0n) is 8.64. The minimum absolute atomic E-state index is 0.722. The first-order chi connectivity index (χ1) is 6.77. The van der Waals surface area contributed by atoms with Gasteiger partial charge in [-0.05, 0) is 31.0 Å². The van der Waals surface area contributed by atoms with Crippen LogP contribution in [0.2, 0.25) is 0 Å². The van der Waals surface area contributed by atoms with Crippen LogP contribution in [0.15, 0.2) is 18.2 Å². The highest BCUT2D eigenvalue weighted by molar-refractivity contribution is 9.09. The van der Waals surface area contributed by atoms with Gasteiger partial charge in [-0.15, -0.1) is 0 Å². The molecule has 0 radical (unpaired) electrons. The van der Waals surface area contributed by atoms with Gasteiger partial charge in [-0.2, -0.15) is 0 Å². The lowest BCUT2D eigenvalue weighted by Crippen LogP contribution is -2.09. The molecule has 0 fully saturated rings. The lowest BCUT2D eigenvalue weighted by atomic mass is 10.1. The molecule has 78 valence electrons. The maximum absolute atomic E-state index is 5.47. The van der Waals surface area contributed by atoms with Gasteiger partial charge in [0, 0.05) is 6.54 Å². The van der Waals surface area contributed by atoms with E-state index in [-0.39, 0.29) is 0 Å². The van der Waals surface area contributed by atoms with E-state index in [9.17, 15) is 0 Å². The molecule has 0 heterocycles. The Morgan fingerprint density at radius 2 is 2.21 bits per heavy atom. The monoisotopic (exact) mass is 257 g/mol. The molecule has 0 unspecified atom stereocenters. The van der Waals surface area contributed by atoms with Crippen molar-refractivity contribution in [3.63, 3.8) is 0 Å². The highest BCUT2D eigenvalue weighted by atomic mass is 79.9. The molecule has 0 aliphatic carbocycles. The minimum atomic E-state index is 0.722. The van der Waals surface area contributed by atoms with Crippen molar-refractivity contribution in [2.75, 3.05) is 12.1 Å². The van der Waals surface area contributed by atoms with E-state index in [4.69, 9.17) is 4.74 Å². The smallest absolute Gasteiger partial charge is 0.122 e. The molecule has 1 aromatic carbocycles. The number of halogens is 1. The summed E-state index contributed by atoms with van der Waals surface area (Å²) >= 11 is 3.33. The van der Waals surface area contributed by atoms with Crippen LogP contribution in [0.3, 0.4) is 0 Å². The summed E-state index contributed by atoms with van der Waals surface area (Å²) in [6.45, 7) is 5.68. The molecular formula is C11H16BrNO. The number of aryl methyl sites for hydroxylation is 1. The molecule has 0 spiro atoms. The number of benzene rings is 1. The third-order valence-corrected chi connectivity index (χ3v) is 2.36. The Hall–Kier alpha value is -0.540. The second kappa shape index (κ2) is 6.04. The fraction of sp³-hybridized carbons (Fsp3) is 0.455. The maximum atomic E-state index is 5.47. The lowest BCUT2D eigenvalue weighted by molar-refractivity contribution is 0.338. The largest absolute Gasteiger partial charge is 0.494 e. The summed E-state index contributed by atoms with van der Waals surface area (Å²) in [6.07, 6.45) is 0. The van der Waals surface area contributed by atoms with E-state index < -0.39 is 0 Å². The van der Waals surface area contributed by atoms with Gasteiger partial charge in [-0.3, -0.25) is 0 Å². The second-order valence-corrected chi connectivity index (χ2v) is 3.65. The molecule has 2 nitrogen and oxygen atoms in total. The molecule has 0 bridgehead atoms. The third-order valence-electron chi connectivity index (χ3n) is 1.96. The molecule has 0 atom stereocenters. The van der Waals surface area contributed by atoms with Crippen LogP contribution in [0.1, 0.15) is 18.1 Å². The van der Waals surface area contributed by atoms with Gasteiger partial charge >= 0.3 is 0 Å². The van der Waals surface area contributed by atoms with Crippen LogP contribution < -0.4 is 10.1 Å². The van der Waals surface area contributed by atoms with Crippen molar-refractivity contribution in [3.8, 4) is 5.75 Å². The Bertz CT molecular complexity index is 289. The summed E-state index contributed by atoms with van der Waals surface area (Å²) < 4.78 is 5.47. The SMILES string of the molecule is CCOc1ccc(CNCBr)cc1C. The predicted octanol–water partition coefficient (Wildman–Crippen LogP) is 2.84. The Morgan fingerprint density at radius 3 is 2.79 bits per heavy atom. The zero-order chi connectivity index (χ0) is 10.4. The van der Waals surface area contributed by atoms with Crippen LogP contribution in [0.25, 0.3) is 0 Å². The molecule has 1 N–H and O–H groups in total. The molecular weight excluding hydrogens is 242 g/mol. The maximum Gasteiger partial charge on any atom is 0.122 e. The zero-order valence-corrected chi connectivity index (χ0v) is 10.2. The quantitative estimate of drug-likeness (QED) is 0.647. The molecule has 3 heteroatoms. The average Bonchev–Trinajstić information content (AvgIpc) is 2.19. The van der Waals surface area contributed by atoms with Crippen molar-refractivity contribution in [1.82, 2.24) is 5.32 Å². The summed E-state index contributed by atoms with van der Waals surface area (Å²) in [5, 5.41) is 3.22. The van der Waals surface area contributed by atoms with Gasteiger partial charge in [-0.25, -0.2) is 0 Å². The van der Waals surface area contributed by atoms with Gasteiger partial charge in [0.1, 0.15) is 5.75 Å². The van der Waals surface area contributed by atoms with Crippen molar-refractivity contribution >= 4 is 15.9 Å². The van der Waals surface area contributed by atoms with Crippen LogP contribution >= 0.6 is 15.9 Å². The molecule has 0 aliphatic heterocycles. The second-order valence-electron chi connectivity index (χ2n) is 3.09. The molecule has 0 amide bonds. The van der Waals surface area contributed by atoms with E-state index in [2.05, 4.69) is 40.3 Å². The summed E-state index contributed by atoms with van der Waals surface area (Å²) in [5.74, 6) is 0.982. The van der Waals surface area contributed by atoms with Gasteiger partial charge in [-0.1, -0.05) is 28.1 Å². The van der Waals surface area contributed by atoms with Crippen molar-refractivity contribution in [2.45, 2.75) is 20.4 Å². The van der Waals surface area contributed by atoms with Crippen LogP contribution in [0.4, 0.5) is 0 Å². The molecule has 1 aromatic rings. The highest BCUT2D eigenvalue weighted by Crippen LogP contribution is 2.18. The van der Waals surface area contributed by atoms with E-state index in [1.54, 1.807) is 0 Å². The normalized spacial score (nSPS) is 10.2. The van der Waals surface area contributed by atoms with Gasteiger partial charge in [0.15, 0.2) is 0 Å². The van der Waals surface area contributed by atoms with E-state index in [0.717, 1.165) is 24.4 Å². The summed E-state index contributed by atoms with van der Waals surface area (Å²) in [5.41, 5.74) is 3.30. The third kappa shape index (κ3) is 3.31. The Labute approximate surface area is 93.8 Å². The van der Waals surface area contributed by atoms with Crippen LogP contribution in [0, 0.1) is 6.92 Å². The van der Waals surface area contributed by atoms with E-state index in [1.165, 1.54) is 11.1 Å². The fourth-order valence-electron chi connectivity index (χ4n) is 1.33. The number of nitrogens with one attached hydrogen (secondary N) is 1. The van der Waals surface area contributed by atoms with Crippen LogP contribution in [-0.4, -0.2) is 12.1 Å². The highest BCUT2D eigenvalue weighted by Gasteiger charge is 1.99. The van der Waals surface area contributed by atoms with E-state index in [1.807, 2.05) is 13.0 Å². The molecule has 0 aliphatic rings. The van der Waals surface area contributed by atoms with Gasteiger partial charge in [0.05, 0.1) is 12.1 Å². The summed E-state index contributed by atoms with van der Waals surface area (Å²) in [7, 11) is 0. The van der Waals surface area contributed by atoms with E-state index in [0.29, 0.717) is 0 Å². The van der Waals surface area contributed by atoms with Crippen LogP contribution in [0.5, 0.6) is 5.75 Å². The fourth-order valence-corrected chi connectivity index (χ4v) is 1.53. The molecule has 1 rings (SSSR count). The Kier molecular flexibility index (Phi) is 4.98. The minimum Gasteiger partial charge on any atom is -0.494 e. The number of ether oxygens (including phenoxy) is 1. The first kappa shape index (κ1) is 11.5. The van der Waals surface area contributed by atoms with Crippen molar-refractivity contribution < 1.29 is 4.74 Å². The predicted molar refractivity (Wildman–Crippen MR) is 63.0 cm³/mol. The molecule has 14 heavy (non-hydrogen) atoms. The number of alkyl halides is 1. The topological polar surface area (TPSA) is 21.3 Å². The lowest BCUT2D eigenvalue weighted by Gasteiger charge is -2.08.